The van der Waals surface area contributed by atoms with E-state index in [4.69, 9.17) is 23.7 Å². The summed E-state index contributed by atoms with van der Waals surface area (Å²) in [5.74, 6) is 0.379. The number of ether oxygens (including phenoxy) is 5. The van der Waals surface area contributed by atoms with Gasteiger partial charge in [0.05, 0.1) is 12.4 Å². The first-order valence-corrected chi connectivity index (χ1v) is 6.09. The Bertz CT molecular complexity index is 343. The molecule has 0 aromatic carbocycles. The molecule has 0 aliphatic carbocycles. The summed E-state index contributed by atoms with van der Waals surface area (Å²) in [5.41, 5.74) is -1.12. The summed E-state index contributed by atoms with van der Waals surface area (Å²) in [6.07, 6.45) is -1.04. The molecule has 0 bridgehead atoms. The van der Waals surface area contributed by atoms with Gasteiger partial charge in [-0.05, 0) is 0 Å². The van der Waals surface area contributed by atoms with Gasteiger partial charge in [0.15, 0.2) is 0 Å². The molecule has 2 unspecified atom stereocenters. The van der Waals surface area contributed by atoms with Crippen LogP contribution in [0.2, 0.25) is 0 Å². The van der Waals surface area contributed by atoms with Crippen LogP contribution in [0.15, 0.2) is 12.3 Å². The van der Waals surface area contributed by atoms with Crippen molar-refractivity contribution < 1.29 is 28.8 Å². The molecular weight excluding hydrogens is 240 g/mol. The summed E-state index contributed by atoms with van der Waals surface area (Å²) in [7, 11) is 0. The molecule has 3 aliphatic heterocycles. The minimum absolute atomic E-state index is 0.125. The normalized spacial score (nSPS) is 48.7. The van der Waals surface area contributed by atoms with Gasteiger partial charge in [-0.25, -0.2) is 0 Å². The van der Waals surface area contributed by atoms with Gasteiger partial charge in [0, 0.05) is 5.92 Å². The van der Waals surface area contributed by atoms with Gasteiger partial charge in [-0.1, -0.05) is 13.5 Å². The first kappa shape index (κ1) is 12.4. The minimum Gasteiger partial charge on any atom is -0.495 e. The Kier molecular flexibility index (Phi) is 3.07. The average molecular weight is 258 g/mol. The highest BCUT2D eigenvalue weighted by atomic mass is 16.8. The van der Waals surface area contributed by atoms with Crippen molar-refractivity contribution in [3.63, 3.8) is 0 Å². The lowest BCUT2D eigenvalue weighted by Gasteiger charge is -2.45. The van der Waals surface area contributed by atoms with E-state index < -0.39 is 11.7 Å². The number of aliphatic hydroxyl groups is 1. The lowest BCUT2D eigenvalue weighted by molar-refractivity contribution is -0.329. The molecule has 102 valence electrons. The third-order valence-electron chi connectivity index (χ3n) is 4.03. The van der Waals surface area contributed by atoms with Crippen molar-refractivity contribution in [2.24, 2.45) is 5.92 Å². The summed E-state index contributed by atoms with van der Waals surface area (Å²) < 4.78 is 27.1. The van der Waals surface area contributed by atoms with Crippen LogP contribution in [0.25, 0.3) is 0 Å². The van der Waals surface area contributed by atoms with E-state index in [2.05, 4.69) is 6.58 Å². The minimum atomic E-state index is -1.12. The van der Waals surface area contributed by atoms with Gasteiger partial charge in [0.2, 0.25) is 0 Å². The molecule has 1 N–H and O–H groups in total. The van der Waals surface area contributed by atoms with Crippen LogP contribution in [-0.4, -0.2) is 55.8 Å². The number of fused-ring (bicyclic) bond motifs is 1. The van der Waals surface area contributed by atoms with Crippen molar-refractivity contribution >= 4 is 0 Å². The molecule has 0 amide bonds. The molecule has 0 spiro atoms. The Morgan fingerprint density at radius 3 is 2.83 bits per heavy atom. The predicted molar refractivity (Wildman–Crippen MR) is 59.5 cm³/mol. The first-order valence-electron chi connectivity index (χ1n) is 6.09. The molecule has 0 aromatic rings. The summed E-state index contributed by atoms with van der Waals surface area (Å²) >= 11 is 0. The lowest BCUT2D eigenvalue weighted by atomic mass is 9.81. The van der Waals surface area contributed by atoms with Gasteiger partial charge in [-0.15, -0.1) is 0 Å². The van der Waals surface area contributed by atoms with Crippen molar-refractivity contribution in [3.05, 3.63) is 12.3 Å². The van der Waals surface area contributed by atoms with E-state index in [-0.39, 0.29) is 38.3 Å². The zero-order valence-electron chi connectivity index (χ0n) is 10.3. The highest BCUT2D eigenvalue weighted by Crippen LogP contribution is 2.40. The van der Waals surface area contributed by atoms with Crippen LogP contribution in [0.4, 0.5) is 0 Å². The molecule has 3 aliphatic rings. The third-order valence-corrected chi connectivity index (χ3v) is 4.03. The number of rotatable bonds is 1. The molecule has 3 heterocycles. The Morgan fingerprint density at radius 2 is 2.11 bits per heavy atom. The largest absolute Gasteiger partial charge is 0.495 e. The zero-order valence-corrected chi connectivity index (χ0v) is 10.3. The average Bonchev–Trinajstić information content (AvgIpc) is 2.67. The number of hydrogen-bond acceptors (Lipinski definition) is 6. The Balaban J connectivity index is 1.83. The van der Waals surface area contributed by atoms with E-state index >= 15 is 0 Å². The van der Waals surface area contributed by atoms with Gasteiger partial charge < -0.3 is 28.8 Å². The van der Waals surface area contributed by atoms with E-state index in [0.29, 0.717) is 12.4 Å². The summed E-state index contributed by atoms with van der Waals surface area (Å²) in [4.78, 5) is 0. The van der Waals surface area contributed by atoms with Crippen LogP contribution in [0.1, 0.15) is 6.92 Å². The molecule has 3 rings (SSSR count). The molecule has 0 saturated carbocycles. The monoisotopic (exact) mass is 258 g/mol. The van der Waals surface area contributed by atoms with Gasteiger partial charge in [-0.2, -0.15) is 0 Å². The maximum absolute atomic E-state index is 10.8. The van der Waals surface area contributed by atoms with Gasteiger partial charge >= 0.3 is 0 Å². The molecular formula is C12H18O6. The Morgan fingerprint density at radius 1 is 1.28 bits per heavy atom. The predicted octanol–water partition coefficient (Wildman–Crippen LogP) is 0.0119. The van der Waals surface area contributed by atoms with E-state index in [1.807, 2.05) is 6.92 Å². The first-order chi connectivity index (χ1) is 8.63. The van der Waals surface area contributed by atoms with Crippen molar-refractivity contribution in [2.45, 2.75) is 30.8 Å². The van der Waals surface area contributed by atoms with Crippen LogP contribution < -0.4 is 0 Å². The second-order valence-corrected chi connectivity index (χ2v) is 5.00. The summed E-state index contributed by atoms with van der Waals surface area (Å²) in [6.45, 7) is 6.62. The molecule has 5 atom stereocenters. The molecule has 18 heavy (non-hydrogen) atoms. The topological polar surface area (TPSA) is 66.4 Å². The molecule has 3 fully saturated rings. The maximum Gasteiger partial charge on any atom is 0.148 e. The zero-order chi connectivity index (χ0) is 12.8. The summed E-state index contributed by atoms with van der Waals surface area (Å²) in [5, 5.41) is 10.8. The molecule has 0 aromatic heterocycles. The third kappa shape index (κ3) is 1.76. The fraction of sp³-hybridized carbons (Fsp3) is 0.833. The SMILES string of the molecule is C=C1OC[C@@](O)(C2OCOC3COCO[C@H]32)[C@@H]1C. The van der Waals surface area contributed by atoms with Crippen molar-refractivity contribution in [2.75, 3.05) is 26.8 Å². The second kappa shape index (κ2) is 4.47. The van der Waals surface area contributed by atoms with Crippen LogP contribution in [0.3, 0.4) is 0 Å². The van der Waals surface area contributed by atoms with E-state index in [1.165, 1.54) is 0 Å². The van der Waals surface area contributed by atoms with Crippen LogP contribution >= 0.6 is 0 Å². The maximum atomic E-state index is 10.8. The van der Waals surface area contributed by atoms with Crippen LogP contribution in [0, 0.1) is 5.92 Å². The van der Waals surface area contributed by atoms with Crippen LogP contribution in [-0.2, 0) is 23.7 Å². The molecule has 6 heteroatoms. The number of hydrogen-bond donors (Lipinski definition) is 1. The highest BCUT2D eigenvalue weighted by molar-refractivity contribution is 5.12. The second-order valence-electron chi connectivity index (χ2n) is 5.00. The molecule has 0 radical (unpaired) electrons. The van der Waals surface area contributed by atoms with Crippen molar-refractivity contribution in [1.29, 1.82) is 0 Å². The summed E-state index contributed by atoms with van der Waals surface area (Å²) in [6, 6.07) is 0. The standard InChI is InChI=1S/C12H18O6/c1-7-8(2)15-4-12(7,13)11-10-9(16-6-18-11)3-14-5-17-10/h7,9-11,13H,2-6H2,1H3/t7-,9?,10-,11?,12+/m1/s1. The van der Waals surface area contributed by atoms with Gasteiger partial charge in [0.1, 0.15) is 44.1 Å². The molecule has 3 saturated heterocycles. The fourth-order valence-corrected chi connectivity index (χ4v) is 2.71. The van der Waals surface area contributed by atoms with Gasteiger partial charge in [-0.3, -0.25) is 0 Å². The van der Waals surface area contributed by atoms with Crippen molar-refractivity contribution in [1.82, 2.24) is 0 Å². The Labute approximate surface area is 105 Å². The quantitative estimate of drug-likeness (QED) is 0.715. The van der Waals surface area contributed by atoms with E-state index in [1.54, 1.807) is 0 Å². The van der Waals surface area contributed by atoms with E-state index in [9.17, 15) is 5.11 Å². The smallest absolute Gasteiger partial charge is 0.148 e. The lowest BCUT2D eigenvalue weighted by Crippen LogP contribution is -2.63. The fourth-order valence-electron chi connectivity index (χ4n) is 2.71. The molecule has 6 nitrogen and oxygen atoms in total. The highest BCUT2D eigenvalue weighted by Gasteiger charge is 2.56. The van der Waals surface area contributed by atoms with Gasteiger partial charge in [0.25, 0.3) is 0 Å². The van der Waals surface area contributed by atoms with Crippen LogP contribution in [0.5, 0.6) is 0 Å². The van der Waals surface area contributed by atoms with Crippen molar-refractivity contribution in [3.8, 4) is 0 Å². The Hall–Kier alpha value is -0.660. The van der Waals surface area contributed by atoms with E-state index in [0.717, 1.165) is 0 Å².